The second-order valence-corrected chi connectivity index (χ2v) is 11.7. The molecule has 1 N–H and O–H groups in total. The van der Waals surface area contributed by atoms with Crippen molar-refractivity contribution in [2.45, 2.75) is 83.8 Å². The molecule has 1 aliphatic heterocycles. The largest absolute Gasteiger partial charge is 0.461 e. The third-order valence-electron chi connectivity index (χ3n) is 7.67. The van der Waals surface area contributed by atoms with Gasteiger partial charge in [0.05, 0.1) is 12.6 Å². The third kappa shape index (κ3) is 6.95. The standard InChI is InChI=1S/C30H42N2O6/c1-30(2,3)38-29(35)32-14-13-23(21-9-6-5-7-10-21)27(32)26(33)18-20-11-12-24-22(17-20)19-25(31-24)28(34)37-16-8-15-36-4/h11-12,17,19,21,23,27,31H,5-10,13-16,18H2,1-4H3/t23-,27-/m0/s1. The molecule has 1 saturated carbocycles. The topological polar surface area (TPSA) is 97.9 Å². The summed E-state index contributed by atoms with van der Waals surface area (Å²) in [5.74, 6) is 0.279. The fraction of sp³-hybridized carbons (Fsp3) is 0.633. The fourth-order valence-electron chi connectivity index (χ4n) is 5.96. The molecule has 8 nitrogen and oxygen atoms in total. The van der Waals surface area contributed by atoms with Gasteiger partial charge in [0.15, 0.2) is 5.78 Å². The number of hydrogen-bond acceptors (Lipinski definition) is 6. The van der Waals surface area contributed by atoms with E-state index in [4.69, 9.17) is 14.2 Å². The van der Waals surface area contributed by atoms with Gasteiger partial charge in [-0.25, -0.2) is 9.59 Å². The van der Waals surface area contributed by atoms with Crippen molar-refractivity contribution in [1.29, 1.82) is 0 Å². The zero-order chi connectivity index (χ0) is 27.3. The van der Waals surface area contributed by atoms with E-state index in [2.05, 4.69) is 4.98 Å². The van der Waals surface area contributed by atoms with Gasteiger partial charge in [0.1, 0.15) is 11.3 Å². The molecule has 1 aromatic carbocycles. The van der Waals surface area contributed by atoms with E-state index >= 15 is 0 Å². The van der Waals surface area contributed by atoms with Crippen molar-refractivity contribution < 1.29 is 28.6 Å². The zero-order valence-corrected chi connectivity index (χ0v) is 23.2. The molecule has 2 heterocycles. The molecule has 4 rings (SSSR count). The number of fused-ring (bicyclic) bond motifs is 1. The lowest BCUT2D eigenvalue weighted by Gasteiger charge is -2.34. The molecule has 1 saturated heterocycles. The Hall–Kier alpha value is -2.87. The molecule has 2 aromatic rings. The molecule has 38 heavy (non-hydrogen) atoms. The molecular formula is C30H42N2O6. The molecule has 1 aromatic heterocycles. The van der Waals surface area contributed by atoms with Gasteiger partial charge >= 0.3 is 12.1 Å². The molecular weight excluding hydrogens is 484 g/mol. The van der Waals surface area contributed by atoms with E-state index in [0.717, 1.165) is 35.7 Å². The summed E-state index contributed by atoms with van der Waals surface area (Å²) in [7, 11) is 1.61. The first-order valence-corrected chi connectivity index (χ1v) is 14.0. The average Bonchev–Trinajstić information content (AvgIpc) is 3.51. The van der Waals surface area contributed by atoms with Crippen LogP contribution in [0.3, 0.4) is 0 Å². The van der Waals surface area contributed by atoms with Crippen molar-refractivity contribution in [3.05, 3.63) is 35.5 Å². The number of amides is 1. The Labute approximate surface area is 225 Å². The number of carbonyl (C=O) groups excluding carboxylic acids is 3. The van der Waals surface area contributed by atoms with E-state index in [-0.39, 0.29) is 18.1 Å². The summed E-state index contributed by atoms with van der Waals surface area (Å²) in [6.45, 7) is 6.94. The molecule has 0 unspecified atom stereocenters. The minimum atomic E-state index is -0.616. The van der Waals surface area contributed by atoms with Gasteiger partial charge < -0.3 is 19.2 Å². The van der Waals surface area contributed by atoms with Crippen molar-refractivity contribution >= 4 is 28.7 Å². The Morgan fingerprint density at radius 2 is 1.79 bits per heavy atom. The highest BCUT2D eigenvalue weighted by Crippen LogP contribution is 2.40. The van der Waals surface area contributed by atoms with Crippen LogP contribution < -0.4 is 0 Å². The van der Waals surface area contributed by atoms with E-state index < -0.39 is 23.7 Å². The minimum absolute atomic E-state index is 0.0524. The number of carbonyl (C=O) groups is 3. The predicted octanol–water partition coefficient (Wildman–Crippen LogP) is 5.68. The first-order chi connectivity index (χ1) is 18.2. The summed E-state index contributed by atoms with van der Waals surface area (Å²) in [5.41, 5.74) is 1.43. The summed E-state index contributed by atoms with van der Waals surface area (Å²) in [6, 6.07) is 7.03. The Morgan fingerprint density at radius 3 is 2.50 bits per heavy atom. The van der Waals surface area contributed by atoms with E-state index in [9.17, 15) is 14.4 Å². The van der Waals surface area contributed by atoms with Gasteiger partial charge in [0.2, 0.25) is 0 Å². The molecule has 208 valence electrons. The highest BCUT2D eigenvalue weighted by atomic mass is 16.6. The van der Waals surface area contributed by atoms with E-state index in [1.54, 1.807) is 18.1 Å². The average molecular weight is 527 g/mol. The van der Waals surface area contributed by atoms with E-state index in [1.807, 2.05) is 39.0 Å². The van der Waals surface area contributed by atoms with Crippen molar-refractivity contribution in [2.75, 3.05) is 26.9 Å². The molecule has 8 heteroatoms. The lowest BCUT2D eigenvalue weighted by molar-refractivity contribution is -0.124. The summed E-state index contributed by atoms with van der Waals surface area (Å²) in [5, 5.41) is 0.846. The van der Waals surface area contributed by atoms with E-state index in [0.29, 0.717) is 37.8 Å². The number of Topliss-reactive ketones (excluding diaryl/α,β-unsaturated/α-hetero) is 1. The predicted molar refractivity (Wildman–Crippen MR) is 145 cm³/mol. The number of aromatic amines is 1. The molecule has 0 spiro atoms. The van der Waals surface area contributed by atoms with Gasteiger partial charge in [0.25, 0.3) is 0 Å². The third-order valence-corrected chi connectivity index (χ3v) is 7.67. The highest BCUT2D eigenvalue weighted by Gasteiger charge is 2.46. The lowest BCUT2D eigenvalue weighted by atomic mass is 9.75. The van der Waals surface area contributed by atoms with Crippen LogP contribution in [0, 0.1) is 11.8 Å². The molecule has 2 aliphatic rings. The van der Waals surface area contributed by atoms with Crippen molar-refractivity contribution in [2.24, 2.45) is 11.8 Å². The molecule has 0 radical (unpaired) electrons. The van der Waals surface area contributed by atoms with Crippen LogP contribution in [-0.4, -0.2) is 66.2 Å². The van der Waals surface area contributed by atoms with Crippen LogP contribution in [0.15, 0.2) is 24.3 Å². The maximum Gasteiger partial charge on any atom is 0.410 e. The Bertz CT molecular complexity index is 1130. The number of ether oxygens (including phenoxy) is 3. The van der Waals surface area contributed by atoms with Crippen LogP contribution in [0.5, 0.6) is 0 Å². The van der Waals surface area contributed by atoms with Gasteiger partial charge in [-0.3, -0.25) is 9.69 Å². The van der Waals surface area contributed by atoms with Crippen LogP contribution in [0.2, 0.25) is 0 Å². The van der Waals surface area contributed by atoms with Crippen molar-refractivity contribution in [3.63, 3.8) is 0 Å². The number of likely N-dealkylation sites (tertiary alicyclic amines) is 1. The van der Waals surface area contributed by atoms with Crippen LogP contribution >= 0.6 is 0 Å². The summed E-state index contributed by atoms with van der Waals surface area (Å²) >= 11 is 0. The first-order valence-electron chi connectivity index (χ1n) is 14.0. The first kappa shape index (κ1) is 28.1. The van der Waals surface area contributed by atoms with E-state index in [1.165, 1.54) is 19.3 Å². The molecule has 1 amide bonds. The fourth-order valence-corrected chi connectivity index (χ4v) is 5.96. The Morgan fingerprint density at radius 1 is 1.03 bits per heavy atom. The summed E-state index contributed by atoms with van der Waals surface area (Å²) in [4.78, 5) is 44.1. The van der Waals surface area contributed by atoms with Crippen molar-refractivity contribution in [1.82, 2.24) is 9.88 Å². The lowest BCUT2D eigenvalue weighted by Crippen LogP contribution is -2.47. The second kappa shape index (κ2) is 12.3. The quantitative estimate of drug-likeness (QED) is 0.334. The number of benzene rings is 1. The van der Waals surface area contributed by atoms with Crippen LogP contribution in [0.1, 0.15) is 81.8 Å². The number of esters is 1. The summed E-state index contributed by atoms with van der Waals surface area (Å²) < 4.78 is 16.0. The van der Waals surface area contributed by atoms with Gasteiger partial charge in [-0.15, -0.1) is 0 Å². The number of H-pyrrole nitrogens is 1. The van der Waals surface area contributed by atoms with Gasteiger partial charge in [0, 0.05) is 44.0 Å². The molecule has 1 aliphatic carbocycles. The number of methoxy groups -OCH3 is 1. The second-order valence-electron chi connectivity index (χ2n) is 11.7. The van der Waals surface area contributed by atoms with Crippen LogP contribution in [0.25, 0.3) is 10.9 Å². The number of ketones is 1. The Kier molecular flexibility index (Phi) is 9.13. The highest BCUT2D eigenvalue weighted by molar-refractivity contribution is 5.96. The maximum atomic E-state index is 13.8. The molecule has 2 atom stereocenters. The van der Waals surface area contributed by atoms with Crippen molar-refractivity contribution in [3.8, 4) is 0 Å². The summed E-state index contributed by atoms with van der Waals surface area (Å²) in [6.07, 6.45) is 7.18. The number of aromatic nitrogens is 1. The van der Waals surface area contributed by atoms with Gasteiger partial charge in [-0.05, 0) is 62.8 Å². The smallest absolute Gasteiger partial charge is 0.410 e. The maximum absolute atomic E-state index is 13.8. The monoisotopic (exact) mass is 526 g/mol. The number of hydrogen-bond donors (Lipinski definition) is 1. The number of rotatable bonds is 9. The van der Waals surface area contributed by atoms with Crippen LogP contribution in [-0.2, 0) is 25.4 Å². The molecule has 2 fully saturated rings. The normalized spacial score (nSPS) is 20.6. The molecule has 0 bridgehead atoms. The Balaban J connectivity index is 1.49. The van der Waals surface area contributed by atoms with Gasteiger partial charge in [-0.2, -0.15) is 0 Å². The number of nitrogens with zero attached hydrogens (tertiary/aromatic N) is 1. The van der Waals surface area contributed by atoms with Crippen LogP contribution in [0.4, 0.5) is 4.79 Å². The van der Waals surface area contributed by atoms with Gasteiger partial charge in [-0.1, -0.05) is 38.2 Å². The SMILES string of the molecule is COCCCOC(=O)c1cc2cc(CC(=O)[C@@H]3[C@H](C4CCCCC4)CCN3C(=O)OC(C)(C)C)ccc2[nH]1. The zero-order valence-electron chi connectivity index (χ0n) is 23.2. The number of nitrogens with one attached hydrogen (secondary N) is 1. The minimum Gasteiger partial charge on any atom is -0.461 e.